The normalized spacial score (nSPS) is 20.1. The Labute approximate surface area is 120 Å². The van der Waals surface area contributed by atoms with E-state index < -0.39 is 0 Å². The number of para-hydroxylation sites is 1. The lowest BCUT2D eigenvalue weighted by Crippen LogP contribution is -2.38. The summed E-state index contributed by atoms with van der Waals surface area (Å²) in [4.78, 5) is 26.0. The highest BCUT2D eigenvalue weighted by Gasteiger charge is 2.35. The van der Waals surface area contributed by atoms with E-state index in [1.807, 2.05) is 45.0 Å². The van der Waals surface area contributed by atoms with E-state index in [1.165, 1.54) is 0 Å². The molecule has 1 aromatic rings. The van der Waals surface area contributed by atoms with Crippen LogP contribution in [-0.4, -0.2) is 24.4 Å². The van der Waals surface area contributed by atoms with Crippen LogP contribution in [0, 0.1) is 12.8 Å². The van der Waals surface area contributed by atoms with Crippen molar-refractivity contribution in [1.82, 2.24) is 5.32 Å². The molecule has 1 aliphatic heterocycles. The van der Waals surface area contributed by atoms with Gasteiger partial charge in [0, 0.05) is 24.7 Å². The molecule has 1 heterocycles. The predicted molar refractivity (Wildman–Crippen MR) is 79.5 cm³/mol. The molecule has 0 aliphatic carbocycles. The van der Waals surface area contributed by atoms with Gasteiger partial charge < -0.3 is 10.2 Å². The molecule has 0 bridgehead atoms. The fraction of sp³-hybridized carbons (Fsp3) is 0.500. The van der Waals surface area contributed by atoms with Crippen LogP contribution in [0.2, 0.25) is 0 Å². The monoisotopic (exact) mass is 274 g/mol. The maximum absolute atomic E-state index is 12.1. The third kappa shape index (κ3) is 3.00. The first-order chi connectivity index (χ1) is 9.52. The van der Waals surface area contributed by atoms with Crippen molar-refractivity contribution in [3.63, 3.8) is 0 Å². The molecule has 2 amide bonds. The highest BCUT2D eigenvalue weighted by molar-refractivity contribution is 6.00. The Balaban J connectivity index is 2.08. The minimum Gasteiger partial charge on any atom is -0.353 e. The Morgan fingerprint density at radius 1 is 1.45 bits per heavy atom. The predicted octanol–water partition coefficient (Wildman–Crippen LogP) is 2.26. The van der Waals surface area contributed by atoms with Gasteiger partial charge in [-0.2, -0.15) is 0 Å². The topological polar surface area (TPSA) is 49.4 Å². The summed E-state index contributed by atoms with van der Waals surface area (Å²) in [5.41, 5.74) is 1.97. The third-order valence-corrected chi connectivity index (χ3v) is 3.90. The summed E-state index contributed by atoms with van der Waals surface area (Å²) in [5.74, 6) is -0.219. The second-order valence-corrected chi connectivity index (χ2v) is 5.51. The number of nitrogens with zero attached hydrogens (tertiary/aromatic N) is 1. The first-order valence-corrected chi connectivity index (χ1v) is 7.19. The van der Waals surface area contributed by atoms with Crippen LogP contribution in [-0.2, 0) is 9.59 Å². The van der Waals surface area contributed by atoms with Crippen molar-refractivity contribution in [2.45, 2.75) is 39.7 Å². The van der Waals surface area contributed by atoms with Crippen LogP contribution in [0.5, 0.6) is 0 Å². The number of amides is 2. The number of anilines is 1. The summed E-state index contributed by atoms with van der Waals surface area (Å²) in [7, 11) is 0. The highest BCUT2D eigenvalue weighted by Crippen LogP contribution is 2.27. The van der Waals surface area contributed by atoms with Crippen LogP contribution in [0.15, 0.2) is 24.3 Å². The van der Waals surface area contributed by atoms with Gasteiger partial charge in [-0.25, -0.2) is 0 Å². The molecule has 4 nitrogen and oxygen atoms in total. The molecule has 0 radical (unpaired) electrons. The zero-order chi connectivity index (χ0) is 14.7. The van der Waals surface area contributed by atoms with Crippen LogP contribution in [0.4, 0.5) is 5.69 Å². The fourth-order valence-corrected chi connectivity index (χ4v) is 2.45. The van der Waals surface area contributed by atoms with E-state index in [9.17, 15) is 9.59 Å². The van der Waals surface area contributed by atoms with E-state index in [2.05, 4.69) is 5.32 Å². The number of carbonyl (C=O) groups is 2. The molecule has 1 N–H and O–H groups in total. The second kappa shape index (κ2) is 6.07. The van der Waals surface area contributed by atoms with Gasteiger partial charge in [-0.1, -0.05) is 25.1 Å². The molecule has 108 valence electrons. The van der Waals surface area contributed by atoms with Crippen molar-refractivity contribution in [2.24, 2.45) is 5.92 Å². The van der Waals surface area contributed by atoms with Gasteiger partial charge in [0.05, 0.1) is 5.92 Å². The van der Waals surface area contributed by atoms with E-state index in [0.29, 0.717) is 13.0 Å². The van der Waals surface area contributed by atoms with E-state index in [4.69, 9.17) is 0 Å². The van der Waals surface area contributed by atoms with Crippen molar-refractivity contribution < 1.29 is 9.59 Å². The summed E-state index contributed by atoms with van der Waals surface area (Å²) in [6, 6.07) is 7.94. The minimum absolute atomic E-state index is 0.0104. The van der Waals surface area contributed by atoms with Crippen molar-refractivity contribution in [3.05, 3.63) is 29.8 Å². The maximum atomic E-state index is 12.1. The highest BCUT2D eigenvalue weighted by atomic mass is 16.2. The Hall–Kier alpha value is -1.84. The fourth-order valence-electron chi connectivity index (χ4n) is 2.45. The number of carbonyl (C=O) groups excluding carboxylic acids is 2. The zero-order valence-corrected chi connectivity index (χ0v) is 12.3. The number of hydrogen-bond acceptors (Lipinski definition) is 2. The van der Waals surface area contributed by atoms with E-state index in [-0.39, 0.29) is 23.8 Å². The van der Waals surface area contributed by atoms with Crippen LogP contribution in [0.1, 0.15) is 32.3 Å². The Morgan fingerprint density at radius 3 is 2.80 bits per heavy atom. The number of benzene rings is 1. The molecule has 1 aromatic carbocycles. The van der Waals surface area contributed by atoms with Gasteiger partial charge in [0.15, 0.2) is 0 Å². The quantitative estimate of drug-likeness (QED) is 0.915. The molecule has 2 atom stereocenters. The van der Waals surface area contributed by atoms with Crippen molar-refractivity contribution in [1.29, 1.82) is 0 Å². The summed E-state index contributed by atoms with van der Waals surface area (Å²) >= 11 is 0. The Morgan fingerprint density at radius 2 is 2.15 bits per heavy atom. The molecule has 0 spiro atoms. The lowest BCUT2D eigenvalue weighted by molar-refractivity contribution is -0.126. The number of aryl methyl sites for hydroxylation is 1. The van der Waals surface area contributed by atoms with Crippen LogP contribution in [0.25, 0.3) is 0 Å². The largest absolute Gasteiger partial charge is 0.353 e. The van der Waals surface area contributed by atoms with Crippen LogP contribution in [0.3, 0.4) is 0 Å². The van der Waals surface area contributed by atoms with Crippen LogP contribution < -0.4 is 10.2 Å². The van der Waals surface area contributed by atoms with E-state index in [1.54, 1.807) is 4.90 Å². The second-order valence-electron chi connectivity index (χ2n) is 5.51. The SMILES string of the molecule is CC[C@@H](C)NC(=O)[C@H]1CC(=O)N(c2ccccc2C)C1. The zero-order valence-electron chi connectivity index (χ0n) is 12.3. The van der Waals surface area contributed by atoms with Crippen LogP contribution >= 0.6 is 0 Å². The molecule has 0 unspecified atom stereocenters. The summed E-state index contributed by atoms with van der Waals surface area (Å²) in [6.45, 7) is 6.47. The van der Waals surface area contributed by atoms with Gasteiger partial charge in [0.1, 0.15) is 0 Å². The first kappa shape index (κ1) is 14.6. The maximum Gasteiger partial charge on any atom is 0.227 e. The average Bonchev–Trinajstić information content (AvgIpc) is 2.81. The van der Waals surface area contributed by atoms with Gasteiger partial charge in [-0.3, -0.25) is 9.59 Å². The average molecular weight is 274 g/mol. The molecule has 20 heavy (non-hydrogen) atoms. The van der Waals surface area contributed by atoms with Crippen molar-refractivity contribution >= 4 is 17.5 Å². The van der Waals surface area contributed by atoms with Gasteiger partial charge in [0.25, 0.3) is 0 Å². The van der Waals surface area contributed by atoms with Gasteiger partial charge in [0.2, 0.25) is 11.8 Å². The molecule has 1 fully saturated rings. The van der Waals surface area contributed by atoms with Gasteiger partial charge in [-0.05, 0) is 31.9 Å². The molecule has 4 heteroatoms. The van der Waals surface area contributed by atoms with Crippen molar-refractivity contribution in [3.8, 4) is 0 Å². The Kier molecular flexibility index (Phi) is 4.42. The van der Waals surface area contributed by atoms with E-state index in [0.717, 1.165) is 17.7 Å². The van der Waals surface area contributed by atoms with Crippen molar-refractivity contribution in [2.75, 3.05) is 11.4 Å². The number of nitrogens with one attached hydrogen (secondary N) is 1. The lowest BCUT2D eigenvalue weighted by atomic mass is 10.1. The third-order valence-electron chi connectivity index (χ3n) is 3.90. The summed E-state index contributed by atoms with van der Waals surface area (Å²) < 4.78 is 0. The Bertz CT molecular complexity index is 513. The first-order valence-electron chi connectivity index (χ1n) is 7.19. The standard InChI is InChI=1S/C16H22N2O2/c1-4-12(3)17-16(20)13-9-15(19)18(10-13)14-8-6-5-7-11(14)2/h5-8,12-13H,4,9-10H2,1-3H3,(H,17,20)/t12-,13+/m1/s1. The smallest absolute Gasteiger partial charge is 0.227 e. The molecular weight excluding hydrogens is 252 g/mol. The van der Waals surface area contributed by atoms with Gasteiger partial charge >= 0.3 is 0 Å². The summed E-state index contributed by atoms with van der Waals surface area (Å²) in [5, 5.41) is 2.96. The molecule has 2 rings (SSSR count). The number of rotatable bonds is 4. The molecular formula is C16H22N2O2. The molecule has 1 saturated heterocycles. The van der Waals surface area contributed by atoms with Gasteiger partial charge in [-0.15, -0.1) is 0 Å². The number of hydrogen-bond donors (Lipinski definition) is 1. The van der Waals surface area contributed by atoms with E-state index >= 15 is 0 Å². The molecule has 1 aliphatic rings. The minimum atomic E-state index is -0.240. The molecule has 0 saturated carbocycles. The summed E-state index contributed by atoms with van der Waals surface area (Å²) in [6.07, 6.45) is 1.20. The molecule has 0 aromatic heterocycles. The lowest BCUT2D eigenvalue weighted by Gasteiger charge is -2.19.